The summed E-state index contributed by atoms with van der Waals surface area (Å²) in [5.41, 5.74) is 5.79. The fourth-order valence-electron chi connectivity index (χ4n) is 2.99. The summed E-state index contributed by atoms with van der Waals surface area (Å²) < 4.78 is 1.85. The van der Waals surface area contributed by atoms with Crippen LogP contribution in [-0.2, 0) is 18.3 Å². The Morgan fingerprint density at radius 3 is 2.50 bits per heavy atom. The van der Waals surface area contributed by atoms with Gasteiger partial charge in [-0.05, 0) is 38.8 Å². The van der Waals surface area contributed by atoms with Crippen molar-refractivity contribution in [1.29, 1.82) is 0 Å². The quantitative estimate of drug-likeness (QED) is 0.766. The van der Waals surface area contributed by atoms with Crippen molar-refractivity contribution in [2.45, 2.75) is 33.6 Å². The highest BCUT2D eigenvalue weighted by Crippen LogP contribution is 2.19. The number of anilines is 1. The van der Waals surface area contributed by atoms with Crippen LogP contribution in [0.5, 0.6) is 0 Å². The number of aryl methyl sites for hydroxylation is 3. The minimum atomic E-state index is -0.0998. The van der Waals surface area contributed by atoms with Gasteiger partial charge >= 0.3 is 0 Å². The van der Waals surface area contributed by atoms with Crippen LogP contribution in [0.3, 0.4) is 0 Å². The SMILES string of the molecule is Cc1cc(-c2ccccc2)nc(NC(=O)CCc2c(C)nn(C)c2C)n1. The van der Waals surface area contributed by atoms with Gasteiger partial charge in [-0.3, -0.25) is 14.8 Å². The zero-order valence-corrected chi connectivity index (χ0v) is 15.6. The molecule has 0 radical (unpaired) electrons. The van der Waals surface area contributed by atoms with Crippen LogP contribution in [0.25, 0.3) is 11.3 Å². The topological polar surface area (TPSA) is 72.7 Å². The molecule has 0 aliphatic rings. The van der Waals surface area contributed by atoms with Gasteiger partial charge in [-0.1, -0.05) is 30.3 Å². The number of rotatable bonds is 5. The molecule has 0 fully saturated rings. The van der Waals surface area contributed by atoms with Gasteiger partial charge in [-0.25, -0.2) is 9.97 Å². The highest BCUT2D eigenvalue weighted by Gasteiger charge is 2.13. The zero-order valence-electron chi connectivity index (χ0n) is 15.6. The number of aromatic nitrogens is 4. The maximum absolute atomic E-state index is 12.4. The van der Waals surface area contributed by atoms with E-state index in [-0.39, 0.29) is 5.91 Å². The third-order valence-electron chi connectivity index (χ3n) is 4.44. The van der Waals surface area contributed by atoms with Crippen molar-refractivity contribution in [3.8, 4) is 11.3 Å². The van der Waals surface area contributed by atoms with Gasteiger partial charge in [-0.15, -0.1) is 0 Å². The van der Waals surface area contributed by atoms with Crippen LogP contribution in [0.15, 0.2) is 36.4 Å². The van der Waals surface area contributed by atoms with E-state index in [1.165, 1.54) is 0 Å². The van der Waals surface area contributed by atoms with Crippen LogP contribution in [0, 0.1) is 20.8 Å². The van der Waals surface area contributed by atoms with Crippen LogP contribution in [-0.4, -0.2) is 25.7 Å². The number of nitrogens with one attached hydrogen (secondary N) is 1. The minimum absolute atomic E-state index is 0.0998. The first-order valence-electron chi connectivity index (χ1n) is 8.64. The summed E-state index contributed by atoms with van der Waals surface area (Å²) >= 11 is 0. The monoisotopic (exact) mass is 349 g/mol. The number of amides is 1. The molecule has 1 aromatic carbocycles. The molecule has 0 spiro atoms. The smallest absolute Gasteiger partial charge is 0.230 e. The molecule has 0 unspecified atom stereocenters. The Bertz CT molecular complexity index is 931. The summed E-state index contributed by atoms with van der Waals surface area (Å²) in [6.45, 7) is 5.88. The van der Waals surface area contributed by atoms with Gasteiger partial charge in [0.1, 0.15) is 0 Å². The van der Waals surface area contributed by atoms with Crippen LogP contribution in [0.4, 0.5) is 5.95 Å². The van der Waals surface area contributed by atoms with Gasteiger partial charge in [0.2, 0.25) is 11.9 Å². The molecule has 1 N–H and O–H groups in total. The highest BCUT2D eigenvalue weighted by molar-refractivity contribution is 5.89. The lowest BCUT2D eigenvalue weighted by Crippen LogP contribution is -2.15. The molecule has 26 heavy (non-hydrogen) atoms. The fourth-order valence-corrected chi connectivity index (χ4v) is 2.99. The van der Waals surface area contributed by atoms with E-state index in [2.05, 4.69) is 20.4 Å². The highest BCUT2D eigenvalue weighted by atomic mass is 16.1. The summed E-state index contributed by atoms with van der Waals surface area (Å²) in [5, 5.41) is 7.21. The van der Waals surface area contributed by atoms with Crippen molar-refractivity contribution in [1.82, 2.24) is 19.7 Å². The van der Waals surface area contributed by atoms with E-state index in [1.807, 2.05) is 68.9 Å². The molecule has 0 saturated carbocycles. The molecule has 0 atom stereocenters. The van der Waals surface area contributed by atoms with Gasteiger partial charge in [0.15, 0.2) is 0 Å². The van der Waals surface area contributed by atoms with Gasteiger partial charge in [-0.2, -0.15) is 5.10 Å². The zero-order chi connectivity index (χ0) is 18.7. The Morgan fingerprint density at radius 2 is 1.85 bits per heavy atom. The van der Waals surface area contributed by atoms with Crippen LogP contribution in [0.1, 0.15) is 29.1 Å². The van der Waals surface area contributed by atoms with Gasteiger partial charge < -0.3 is 0 Å². The number of carbonyl (C=O) groups excluding carboxylic acids is 1. The maximum Gasteiger partial charge on any atom is 0.230 e. The second-order valence-electron chi connectivity index (χ2n) is 6.41. The lowest BCUT2D eigenvalue weighted by molar-refractivity contribution is -0.116. The summed E-state index contributed by atoms with van der Waals surface area (Å²) in [6, 6.07) is 11.8. The molecule has 134 valence electrons. The normalized spacial score (nSPS) is 10.8. The molecule has 2 aromatic heterocycles. The van der Waals surface area contributed by atoms with Crippen molar-refractivity contribution in [3.05, 3.63) is 59.0 Å². The molecule has 3 aromatic rings. The van der Waals surface area contributed by atoms with Gasteiger partial charge in [0.25, 0.3) is 0 Å². The Labute approximate surface area is 153 Å². The molecule has 0 aliphatic heterocycles. The van der Waals surface area contributed by atoms with Crippen LogP contribution in [0.2, 0.25) is 0 Å². The second kappa shape index (κ2) is 7.47. The third-order valence-corrected chi connectivity index (χ3v) is 4.44. The van der Waals surface area contributed by atoms with Crippen LogP contribution >= 0.6 is 0 Å². The molecule has 0 bridgehead atoms. The Balaban J connectivity index is 1.70. The van der Waals surface area contributed by atoms with E-state index in [9.17, 15) is 4.79 Å². The summed E-state index contributed by atoms with van der Waals surface area (Å²) in [6.07, 6.45) is 1.01. The van der Waals surface area contributed by atoms with E-state index in [0.717, 1.165) is 33.9 Å². The first-order valence-corrected chi connectivity index (χ1v) is 8.64. The van der Waals surface area contributed by atoms with E-state index in [0.29, 0.717) is 18.8 Å². The molecule has 6 heteroatoms. The molecule has 3 rings (SSSR count). The second-order valence-corrected chi connectivity index (χ2v) is 6.41. The van der Waals surface area contributed by atoms with Gasteiger partial charge in [0, 0.05) is 30.4 Å². The molecule has 2 heterocycles. The molecule has 1 amide bonds. The molecule has 0 aliphatic carbocycles. The Hall–Kier alpha value is -3.02. The first kappa shape index (κ1) is 17.8. The lowest BCUT2D eigenvalue weighted by Gasteiger charge is -2.08. The molecular weight excluding hydrogens is 326 g/mol. The average Bonchev–Trinajstić information content (AvgIpc) is 2.85. The third kappa shape index (κ3) is 3.96. The number of hydrogen-bond acceptors (Lipinski definition) is 4. The van der Waals surface area contributed by atoms with Gasteiger partial charge in [0.05, 0.1) is 11.4 Å². The predicted octanol–water partition coefficient (Wildman–Crippen LogP) is 3.37. The summed E-state index contributed by atoms with van der Waals surface area (Å²) in [4.78, 5) is 21.2. The molecule has 0 saturated heterocycles. The summed E-state index contributed by atoms with van der Waals surface area (Å²) in [7, 11) is 1.91. The minimum Gasteiger partial charge on any atom is -0.294 e. The predicted molar refractivity (Wildman–Crippen MR) is 102 cm³/mol. The molecule has 6 nitrogen and oxygen atoms in total. The fraction of sp³-hybridized carbons (Fsp3) is 0.300. The largest absolute Gasteiger partial charge is 0.294 e. The average molecular weight is 349 g/mol. The van der Waals surface area contributed by atoms with Crippen molar-refractivity contribution >= 4 is 11.9 Å². The Morgan fingerprint density at radius 1 is 1.12 bits per heavy atom. The summed E-state index contributed by atoms with van der Waals surface area (Å²) in [5.74, 6) is 0.241. The van der Waals surface area contributed by atoms with E-state index >= 15 is 0 Å². The number of hydrogen-bond donors (Lipinski definition) is 1. The van der Waals surface area contributed by atoms with E-state index in [4.69, 9.17) is 0 Å². The number of benzene rings is 1. The molecular formula is C20H23N5O. The first-order chi connectivity index (χ1) is 12.4. The Kier molecular flexibility index (Phi) is 5.11. The van der Waals surface area contributed by atoms with Crippen molar-refractivity contribution in [2.75, 3.05) is 5.32 Å². The standard InChI is InChI=1S/C20H23N5O/c1-13-12-18(16-8-6-5-7-9-16)22-20(21-13)23-19(26)11-10-17-14(2)24-25(4)15(17)3/h5-9,12H,10-11H2,1-4H3,(H,21,22,23,26). The van der Waals surface area contributed by atoms with Crippen molar-refractivity contribution in [2.24, 2.45) is 7.05 Å². The van der Waals surface area contributed by atoms with E-state index in [1.54, 1.807) is 0 Å². The maximum atomic E-state index is 12.4. The number of carbonyl (C=O) groups is 1. The van der Waals surface area contributed by atoms with Crippen molar-refractivity contribution < 1.29 is 4.79 Å². The number of nitrogens with zero attached hydrogens (tertiary/aromatic N) is 4. The van der Waals surface area contributed by atoms with Crippen LogP contribution < -0.4 is 5.32 Å². The van der Waals surface area contributed by atoms with Crippen molar-refractivity contribution in [3.63, 3.8) is 0 Å². The van der Waals surface area contributed by atoms with E-state index < -0.39 is 0 Å². The lowest BCUT2D eigenvalue weighted by atomic mass is 10.1.